The van der Waals surface area contributed by atoms with Crippen molar-refractivity contribution < 1.29 is 14.6 Å². The van der Waals surface area contributed by atoms with Crippen LogP contribution >= 0.6 is 23.2 Å². The zero-order valence-corrected chi connectivity index (χ0v) is 11.1. The zero-order valence-electron chi connectivity index (χ0n) is 9.56. The van der Waals surface area contributed by atoms with Crippen molar-refractivity contribution in [3.05, 3.63) is 52.0 Å². The van der Waals surface area contributed by atoms with Gasteiger partial charge in [0.1, 0.15) is 16.5 Å². The number of carbonyl (C=O) groups is 1. The van der Waals surface area contributed by atoms with E-state index in [0.717, 1.165) is 0 Å². The molecule has 0 bridgehead atoms. The lowest BCUT2D eigenvalue weighted by atomic mass is 10.2. The molecule has 0 aliphatic carbocycles. The van der Waals surface area contributed by atoms with Gasteiger partial charge in [-0.05, 0) is 24.3 Å². The number of anilines is 1. The van der Waals surface area contributed by atoms with Crippen LogP contribution in [0.5, 0.6) is 11.5 Å². The van der Waals surface area contributed by atoms with Crippen molar-refractivity contribution in [1.29, 1.82) is 0 Å². The highest BCUT2D eigenvalue weighted by molar-refractivity contribution is 6.42. The molecule has 2 aromatic rings. The van der Waals surface area contributed by atoms with Gasteiger partial charge in [0.05, 0.1) is 10.6 Å². The topological polar surface area (TPSA) is 72.5 Å². The van der Waals surface area contributed by atoms with Gasteiger partial charge in [0.2, 0.25) is 0 Å². The van der Waals surface area contributed by atoms with E-state index in [0.29, 0.717) is 16.5 Å². The van der Waals surface area contributed by atoms with E-state index in [1.165, 1.54) is 18.2 Å². The minimum absolute atomic E-state index is 0.0181. The van der Waals surface area contributed by atoms with Gasteiger partial charge in [0.25, 0.3) is 0 Å². The SMILES string of the molecule is Nc1cc(Oc2cccc(Cl)c2Cl)ccc1C(=O)O. The molecule has 0 amide bonds. The quantitative estimate of drug-likeness (QED) is 0.838. The van der Waals surface area contributed by atoms with Gasteiger partial charge < -0.3 is 15.6 Å². The number of hydrogen-bond donors (Lipinski definition) is 2. The van der Waals surface area contributed by atoms with Crippen molar-refractivity contribution in [2.45, 2.75) is 0 Å². The van der Waals surface area contributed by atoms with Crippen LogP contribution in [0.1, 0.15) is 10.4 Å². The molecular formula is C13H9Cl2NO3. The summed E-state index contributed by atoms with van der Waals surface area (Å²) in [5.74, 6) is -0.340. The first-order valence-corrected chi connectivity index (χ1v) is 5.99. The second kappa shape index (κ2) is 5.38. The average molecular weight is 298 g/mol. The largest absolute Gasteiger partial charge is 0.478 e. The van der Waals surface area contributed by atoms with Gasteiger partial charge in [-0.2, -0.15) is 0 Å². The number of nitrogens with two attached hydrogens (primary N) is 1. The van der Waals surface area contributed by atoms with E-state index < -0.39 is 5.97 Å². The summed E-state index contributed by atoms with van der Waals surface area (Å²) >= 11 is 11.8. The Balaban J connectivity index is 2.32. The Hall–Kier alpha value is -1.91. The van der Waals surface area contributed by atoms with Crippen LogP contribution in [-0.2, 0) is 0 Å². The van der Waals surface area contributed by atoms with Gasteiger partial charge in [-0.1, -0.05) is 29.3 Å². The maximum atomic E-state index is 10.8. The third-order valence-corrected chi connectivity index (χ3v) is 3.20. The predicted molar refractivity (Wildman–Crippen MR) is 74.3 cm³/mol. The molecule has 3 N–H and O–H groups in total. The van der Waals surface area contributed by atoms with Gasteiger partial charge in [-0.15, -0.1) is 0 Å². The van der Waals surface area contributed by atoms with Crippen LogP contribution in [0.3, 0.4) is 0 Å². The van der Waals surface area contributed by atoms with E-state index in [1.54, 1.807) is 18.2 Å². The van der Waals surface area contributed by atoms with Crippen molar-refractivity contribution in [3.63, 3.8) is 0 Å². The van der Waals surface area contributed by atoms with Gasteiger partial charge >= 0.3 is 5.97 Å². The molecule has 19 heavy (non-hydrogen) atoms. The molecule has 0 aliphatic rings. The van der Waals surface area contributed by atoms with Crippen molar-refractivity contribution in [2.24, 2.45) is 0 Å². The summed E-state index contributed by atoms with van der Waals surface area (Å²) in [6.07, 6.45) is 0. The molecule has 2 aromatic carbocycles. The highest BCUT2D eigenvalue weighted by atomic mass is 35.5. The second-order valence-corrected chi connectivity index (χ2v) is 4.49. The Morgan fingerprint density at radius 2 is 1.95 bits per heavy atom. The highest BCUT2D eigenvalue weighted by Gasteiger charge is 2.11. The van der Waals surface area contributed by atoms with E-state index in [2.05, 4.69) is 0 Å². The lowest BCUT2D eigenvalue weighted by Gasteiger charge is -2.09. The first-order chi connectivity index (χ1) is 8.99. The summed E-state index contributed by atoms with van der Waals surface area (Å²) in [7, 11) is 0. The minimum atomic E-state index is -1.09. The number of carboxylic acids is 1. The van der Waals surface area contributed by atoms with Gasteiger partial charge in [0.15, 0.2) is 0 Å². The summed E-state index contributed by atoms with van der Waals surface area (Å²) in [5.41, 5.74) is 5.76. The first-order valence-electron chi connectivity index (χ1n) is 5.23. The first kappa shape index (κ1) is 13.5. The monoisotopic (exact) mass is 297 g/mol. The number of rotatable bonds is 3. The van der Waals surface area contributed by atoms with E-state index >= 15 is 0 Å². The van der Waals surface area contributed by atoms with Gasteiger partial charge in [0, 0.05) is 11.8 Å². The van der Waals surface area contributed by atoms with Crippen molar-refractivity contribution in [2.75, 3.05) is 5.73 Å². The summed E-state index contributed by atoms with van der Waals surface area (Å²) < 4.78 is 5.52. The Kier molecular flexibility index (Phi) is 3.83. The Bertz CT molecular complexity index is 644. The Morgan fingerprint density at radius 1 is 1.21 bits per heavy atom. The number of ether oxygens (including phenoxy) is 1. The van der Waals surface area contributed by atoms with Crippen LogP contribution in [0.15, 0.2) is 36.4 Å². The molecule has 98 valence electrons. The Labute approximate surface area is 119 Å². The van der Waals surface area contributed by atoms with E-state index in [4.69, 9.17) is 38.8 Å². The second-order valence-electron chi connectivity index (χ2n) is 3.71. The fourth-order valence-corrected chi connectivity index (χ4v) is 1.82. The van der Waals surface area contributed by atoms with Crippen LogP contribution < -0.4 is 10.5 Å². The van der Waals surface area contributed by atoms with Crippen molar-refractivity contribution in [3.8, 4) is 11.5 Å². The van der Waals surface area contributed by atoms with Crippen LogP contribution in [0, 0.1) is 0 Å². The lowest BCUT2D eigenvalue weighted by Crippen LogP contribution is -2.02. The predicted octanol–water partition coefficient (Wildman–Crippen LogP) is 4.07. The van der Waals surface area contributed by atoms with Crippen LogP contribution in [0.25, 0.3) is 0 Å². The lowest BCUT2D eigenvalue weighted by molar-refractivity contribution is 0.0698. The number of benzene rings is 2. The molecule has 0 spiro atoms. The third kappa shape index (κ3) is 2.92. The molecule has 0 unspecified atom stereocenters. The molecule has 0 heterocycles. The van der Waals surface area contributed by atoms with Crippen molar-refractivity contribution in [1.82, 2.24) is 0 Å². The Morgan fingerprint density at radius 3 is 2.58 bits per heavy atom. The molecular weight excluding hydrogens is 289 g/mol. The van der Waals surface area contributed by atoms with Gasteiger partial charge in [-0.25, -0.2) is 4.79 Å². The summed E-state index contributed by atoms with van der Waals surface area (Å²) in [5, 5.41) is 9.52. The van der Waals surface area contributed by atoms with Gasteiger partial charge in [-0.3, -0.25) is 0 Å². The molecule has 6 heteroatoms. The van der Waals surface area contributed by atoms with E-state index in [9.17, 15) is 4.79 Å². The maximum Gasteiger partial charge on any atom is 0.337 e. The summed E-state index contributed by atoms with van der Waals surface area (Å²) in [4.78, 5) is 10.8. The number of aromatic carboxylic acids is 1. The fraction of sp³-hybridized carbons (Fsp3) is 0. The average Bonchev–Trinajstić information content (AvgIpc) is 2.34. The third-order valence-electron chi connectivity index (χ3n) is 2.40. The van der Waals surface area contributed by atoms with E-state index in [-0.39, 0.29) is 16.3 Å². The summed E-state index contributed by atoms with van der Waals surface area (Å²) in [6, 6.07) is 9.26. The van der Waals surface area contributed by atoms with Crippen LogP contribution in [0.2, 0.25) is 10.0 Å². The standard InChI is InChI=1S/C13H9Cl2NO3/c14-9-2-1-3-11(12(9)15)19-7-4-5-8(13(17)18)10(16)6-7/h1-6H,16H2,(H,17,18). The number of halogens is 2. The minimum Gasteiger partial charge on any atom is -0.478 e. The van der Waals surface area contributed by atoms with Crippen LogP contribution in [0.4, 0.5) is 5.69 Å². The molecule has 0 saturated carbocycles. The molecule has 0 aliphatic heterocycles. The number of carboxylic acid groups (broad SMARTS) is 1. The molecule has 0 aromatic heterocycles. The summed E-state index contributed by atoms with van der Waals surface area (Å²) in [6.45, 7) is 0. The van der Waals surface area contributed by atoms with Crippen molar-refractivity contribution >= 4 is 34.9 Å². The normalized spacial score (nSPS) is 10.2. The fourth-order valence-electron chi connectivity index (χ4n) is 1.49. The number of nitrogen functional groups attached to an aromatic ring is 1. The zero-order chi connectivity index (χ0) is 14.0. The molecule has 2 rings (SSSR count). The smallest absolute Gasteiger partial charge is 0.337 e. The molecule has 4 nitrogen and oxygen atoms in total. The molecule has 0 saturated heterocycles. The number of hydrogen-bond acceptors (Lipinski definition) is 3. The maximum absolute atomic E-state index is 10.8. The highest BCUT2D eigenvalue weighted by Crippen LogP contribution is 2.35. The molecule has 0 atom stereocenters. The van der Waals surface area contributed by atoms with Crippen LogP contribution in [-0.4, -0.2) is 11.1 Å². The molecule has 0 fully saturated rings. The van der Waals surface area contributed by atoms with E-state index in [1.807, 2.05) is 0 Å². The molecule has 0 radical (unpaired) electrons.